The molecule has 6 nitrogen and oxygen atoms in total. The highest BCUT2D eigenvalue weighted by Gasteiger charge is 2.26. The molecule has 2 unspecified atom stereocenters. The lowest BCUT2D eigenvalue weighted by Gasteiger charge is -2.30. The van der Waals surface area contributed by atoms with E-state index in [4.69, 9.17) is 10.6 Å². The number of sulfonamides is 1. The zero-order valence-corrected chi connectivity index (χ0v) is 8.30. The summed E-state index contributed by atoms with van der Waals surface area (Å²) in [5, 5.41) is 0. The maximum atomic E-state index is 10.9. The van der Waals surface area contributed by atoms with Gasteiger partial charge in [-0.3, -0.25) is 11.3 Å². The summed E-state index contributed by atoms with van der Waals surface area (Å²) in [4.78, 5) is 0. The highest BCUT2D eigenvalue weighted by molar-refractivity contribution is 7.88. The van der Waals surface area contributed by atoms with Crippen LogP contribution < -0.4 is 16.0 Å². The van der Waals surface area contributed by atoms with Gasteiger partial charge in [-0.25, -0.2) is 13.1 Å². The Bertz CT molecular complexity index is 254. The minimum absolute atomic E-state index is 0.0523. The molecule has 1 aliphatic rings. The minimum atomic E-state index is -3.19. The molecule has 1 rings (SSSR count). The highest BCUT2D eigenvalue weighted by Crippen LogP contribution is 2.07. The third-order valence-corrected chi connectivity index (χ3v) is 2.67. The van der Waals surface area contributed by atoms with Gasteiger partial charge in [0.05, 0.1) is 18.9 Å². The summed E-state index contributed by atoms with van der Waals surface area (Å²) in [6.45, 7) is 0.971. The van der Waals surface area contributed by atoms with Gasteiger partial charge in [-0.2, -0.15) is 0 Å². The van der Waals surface area contributed by atoms with Crippen molar-refractivity contribution in [3.8, 4) is 0 Å². The molecule has 1 aliphatic heterocycles. The van der Waals surface area contributed by atoms with Crippen molar-refractivity contribution < 1.29 is 13.2 Å². The van der Waals surface area contributed by atoms with Crippen LogP contribution in [0, 0.1) is 0 Å². The number of rotatable bonds is 3. The first kappa shape index (κ1) is 10.9. The number of hydrogen-bond acceptors (Lipinski definition) is 5. The third-order valence-electron chi connectivity index (χ3n) is 1.94. The van der Waals surface area contributed by atoms with Gasteiger partial charge in [0.1, 0.15) is 0 Å². The molecule has 1 saturated heterocycles. The first-order valence-electron chi connectivity index (χ1n) is 4.04. The normalized spacial score (nSPS) is 30.3. The molecule has 0 bridgehead atoms. The predicted octanol–water partition coefficient (Wildman–Crippen LogP) is -1.84. The number of ether oxygens (including phenoxy) is 1. The van der Waals surface area contributed by atoms with Crippen LogP contribution in [0.3, 0.4) is 0 Å². The van der Waals surface area contributed by atoms with Gasteiger partial charge in [0.25, 0.3) is 0 Å². The van der Waals surface area contributed by atoms with Gasteiger partial charge in [0, 0.05) is 12.6 Å². The largest absolute Gasteiger partial charge is 0.380 e. The first-order valence-corrected chi connectivity index (χ1v) is 5.93. The SMILES string of the molecule is CS(=O)(=O)NC1COCCC1NN. The van der Waals surface area contributed by atoms with E-state index in [1.807, 2.05) is 0 Å². The van der Waals surface area contributed by atoms with E-state index < -0.39 is 10.0 Å². The van der Waals surface area contributed by atoms with Crippen LogP contribution in [0.4, 0.5) is 0 Å². The van der Waals surface area contributed by atoms with Crippen molar-refractivity contribution in [2.45, 2.75) is 18.5 Å². The van der Waals surface area contributed by atoms with Crippen LogP contribution >= 0.6 is 0 Å². The molecule has 13 heavy (non-hydrogen) atoms. The Morgan fingerprint density at radius 3 is 2.69 bits per heavy atom. The van der Waals surface area contributed by atoms with Gasteiger partial charge in [-0.1, -0.05) is 0 Å². The van der Waals surface area contributed by atoms with Crippen LogP contribution in [0.15, 0.2) is 0 Å². The lowest BCUT2D eigenvalue weighted by molar-refractivity contribution is 0.0569. The quantitative estimate of drug-likeness (QED) is 0.375. The zero-order valence-electron chi connectivity index (χ0n) is 7.49. The zero-order chi connectivity index (χ0) is 9.90. The lowest BCUT2D eigenvalue weighted by Crippen LogP contribution is -2.56. The topological polar surface area (TPSA) is 93.5 Å². The van der Waals surface area contributed by atoms with Gasteiger partial charge in [0.2, 0.25) is 10.0 Å². The average molecular weight is 209 g/mol. The van der Waals surface area contributed by atoms with Crippen LogP contribution in [-0.2, 0) is 14.8 Å². The maximum Gasteiger partial charge on any atom is 0.209 e. The second kappa shape index (κ2) is 4.34. The first-order chi connectivity index (χ1) is 6.03. The Morgan fingerprint density at radius 1 is 1.46 bits per heavy atom. The smallest absolute Gasteiger partial charge is 0.209 e. The summed E-state index contributed by atoms with van der Waals surface area (Å²) < 4.78 is 29.5. The van der Waals surface area contributed by atoms with Crippen molar-refractivity contribution >= 4 is 10.0 Å². The molecule has 78 valence electrons. The van der Waals surface area contributed by atoms with Crippen molar-refractivity contribution in [1.29, 1.82) is 0 Å². The van der Waals surface area contributed by atoms with Crippen LogP contribution in [0.25, 0.3) is 0 Å². The highest BCUT2D eigenvalue weighted by atomic mass is 32.2. The predicted molar refractivity (Wildman–Crippen MR) is 48.3 cm³/mol. The standard InChI is InChI=1S/C6H15N3O3S/c1-13(10,11)9-6-4-12-3-2-5(6)8-7/h5-6,8-9H,2-4,7H2,1H3. The fourth-order valence-corrected chi connectivity index (χ4v) is 2.11. The summed E-state index contributed by atoms with van der Waals surface area (Å²) >= 11 is 0. The summed E-state index contributed by atoms with van der Waals surface area (Å²) in [6.07, 6.45) is 1.83. The number of nitrogens with two attached hydrogens (primary N) is 1. The molecule has 0 aromatic rings. The molecule has 4 N–H and O–H groups in total. The lowest BCUT2D eigenvalue weighted by atomic mass is 10.1. The van der Waals surface area contributed by atoms with Crippen molar-refractivity contribution in [3.63, 3.8) is 0 Å². The Labute approximate surface area is 77.8 Å². The van der Waals surface area contributed by atoms with Gasteiger partial charge in [0.15, 0.2) is 0 Å². The summed E-state index contributed by atoms with van der Waals surface area (Å²) in [7, 11) is -3.19. The molecule has 0 aliphatic carbocycles. The minimum Gasteiger partial charge on any atom is -0.380 e. The molecule has 1 heterocycles. The van der Waals surface area contributed by atoms with Crippen LogP contribution in [0.1, 0.15) is 6.42 Å². The Kier molecular flexibility index (Phi) is 3.63. The summed E-state index contributed by atoms with van der Waals surface area (Å²) in [6, 6.07) is -0.322. The van der Waals surface area contributed by atoms with E-state index in [1.165, 1.54) is 0 Å². The van der Waals surface area contributed by atoms with E-state index in [0.29, 0.717) is 19.6 Å². The van der Waals surface area contributed by atoms with E-state index in [2.05, 4.69) is 10.1 Å². The third kappa shape index (κ3) is 3.57. The fourth-order valence-electron chi connectivity index (χ4n) is 1.33. The van der Waals surface area contributed by atoms with E-state index in [1.54, 1.807) is 0 Å². The summed E-state index contributed by atoms with van der Waals surface area (Å²) in [5.74, 6) is 5.27. The summed E-state index contributed by atoms with van der Waals surface area (Å²) in [5.41, 5.74) is 2.57. The van der Waals surface area contributed by atoms with E-state index in [0.717, 1.165) is 6.26 Å². The second-order valence-corrected chi connectivity index (χ2v) is 4.91. The van der Waals surface area contributed by atoms with Crippen molar-refractivity contribution in [1.82, 2.24) is 10.1 Å². The number of nitrogens with one attached hydrogen (secondary N) is 2. The van der Waals surface area contributed by atoms with Gasteiger partial charge in [-0.15, -0.1) is 0 Å². The molecule has 1 fully saturated rings. The molecule has 0 saturated carbocycles. The molecule has 0 aromatic carbocycles. The van der Waals surface area contributed by atoms with Gasteiger partial charge in [-0.05, 0) is 6.42 Å². The number of hydrogen-bond donors (Lipinski definition) is 3. The maximum absolute atomic E-state index is 10.9. The molecule has 7 heteroatoms. The van der Waals surface area contributed by atoms with Crippen molar-refractivity contribution in [2.75, 3.05) is 19.5 Å². The van der Waals surface area contributed by atoms with Crippen LogP contribution in [-0.4, -0.2) is 40.0 Å². The van der Waals surface area contributed by atoms with E-state index in [9.17, 15) is 8.42 Å². The van der Waals surface area contributed by atoms with Crippen molar-refractivity contribution in [3.05, 3.63) is 0 Å². The Hall–Kier alpha value is -0.210. The average Bonchev–Trinajstić information content (AvgIpc) is 2.02. The monoisotopic (exact) mass is 209 g/mol. The molecule has 0 spiro atoms. The molecule has 2 atom stereocenters. The number of hydrazine groups is 1. The Morgan fingerprint density at radius 2 is 2.15 bits per heavy atom. The fraction of sp³-hybridized carbons (Fsp3) is 1.00. The molecular weight excluding hydrogens is 194 g/mol. The van der Waals surface area contributed by atoms with Gasteiger partial charge >= 0.3 is 0 Å². The van der Waals surface area contributed by atoms with E-state index >= 15 is 0 Å². The Balaban J connectivity index is 2.55. The van der Waals surface area contributed by atoms with Crippen LogP contribution in [0.2, 0.25) is 0 Å². The molecular formula is C6H15N3O3S. The molecule has 0 aromatic heterocycles. The molecule has 0 radical (unpaired) electrons. The van der Waals surface area contributed by atoms with Crippen LogP contribution in [0.5, 0.6) is 0 Å². The van der Waals surface area contributed by atoms with E-state index in [-0.39, 0.29) is 12.1 Å². The molecule has 0 amide bonds. The van der Waals surface area contributed by atoms with Gasteiger partial charge < -0.3 is 4.74 Å². The van der Waals surface area contributed by atoms with Crippen molar-refractivity contribution in [2.24, 2.45) is 5.84 Å². The second-order valence-electron chi connectivity index (χ2n) is 3.13.